The lowest BCUT2D eigenvalue weighted by atomic mass is 10.2. The highest BCUT2D eigenvalue weighted by atomic mass is 19.1. The van der Waals surface area contributed by atoms with Crippen LogP contribution in [0.5, 0.6) is 0 Å². The van der Waals surface area contributed by atoms with Gasteiger partial charge in [-0.05, 0) is 30.7 Å². The van der Waals surface area contributed by atoms with E-state index in [2.05, 4.69) is 10.3 Å². The summed E-state index contributed by atoms with van der Waals surface area (Å²) in [4.78, 5) is 14.4. The first-order valence-corrected chi connectivity index (χ1v) is 5.39. The molecule has 2 rings (SSSR count). The van der Waals surface area contributed by atoms with Crippen LogP contribution in [-0.4, -0.2) is 16.1 Å². The molecule has 0 saturated carbocycles. The van der Waals surface area contributed by atoms with Crippen LogP contribution in [0, 0.1) is 18.6 Å². The second-order valence-electron chi connectivity index (χ2n) is 3.94. The molecule has 19 heavy (non-hydrogen) atoms. The predicted molar refractivity (Wildman–Crippen MR) is 65.6 cm³/mol. The van der Waals surface area contributed by atoms with Crippen LogP contribution in [0.4, 0.5) is 20.2 Å². The Kier molecular flexibility index (Phi) is 3.41. The smallest absolute Gasteiger partial charge is 0.354 e. The number of carbonyl (C=O) groups is 1. The van der Waals surface area contributed by atoms with Crippen LogP contribution in [0.2, 0.25) is 0 Å². The minimum Gasteiger partial charge on any atom is -0.477 e. The molecule has 0 amide bonds. The fourth-order valence-corrected chi connectivity index (χ4v) is 1.52. The van der Waals surface area contributed by atoms with E-state index in [0.29, 0.717) is 5.69 Å². The molecule has 0 aliphatic rings. The van der Waals surface area contributed by atoms with Gasteiger partial charge in [0.05, 0.1) is 5.69 Å². The number of aryl methyl sites for hydroxylation is 1. The summed E-state index contributed by atoms with van der Waals surface area (Å²) >= 11 is 0. The van der Waals surface area contributed by atoms with Crippen molar-refractivity contribution < 1.29 is 18.7 Å². The van der Waals surface area contributed by atoms with Crippen LogP contribution in [0.1, 0.15) is 16.1 Å². The number of nitrogens with one attached hydrogen (secondary N) is 1. The molecule has 0 spiro atoms. The lowest BCUT2D eigenvalue weighted by molar-refractivity contribution is 0.0690. The molecular formula is C13H10F2N2O2. The van der Waals surface area contributed by atoms with Crippen molar-refractivity contribution in [1.82, 2.24) is 4.98 Å². The van der Waals surface area contributed by atoms with Crippen molar-refractivity contribution in [3.05, 3.63) is 53.4 Å². The molecule has 1 heterocycles. The van der Waals surface area contributed by atoms with Gasteiger partial charge in [0.1, 0.15) is 17.3 Å². The molecule has 0 aliphatic carbocycles. The number of aromatic carboxylic acids is 1. The van der Waals surface area contributed by atoms with Crippen molar-refractivity contribution in [2.75, 3.05) is 5.32 Å². The van der Waals surface area contributed by atoms with E-state index >= 15 is 0 Å². The van der Waals surface area contributed by atoms with Crippen molar-refractivity contribution in [2.24, 2.45) is 0 Å². The molecule has 0 saturated heterocycles. The van der Waals surface area contributed by atoms with E-state index in [9.17, 15) is 13.6 Å². The summed E-state index contributed by atoms with van der Waals surface area (Å²) in [5.41, 5.74) is 0.266. The van der Waals surface area contributed by atoms with Gasteiger partial charge in [0, 0.05) is 18.0 Å². The van der Waals surface area contributed by atoms with E-state index < -0.39 is 17.6 Å². The van der Waals surface area contributed by atoms with Crippen molar-refractivity contribution in [3.63, 3.8) is 0 Å². The van der Waals surface area contributed by atoms with Gasteiger partial charge in [0.25, 0.3) is 0 Å². The zero-order valence-corrected chi connectivity index (χ0v) is 9.95. The SMILES string of the molecule is Cc1cc(F)c(Nc2ccnc(C(=O)O)c2)cc1F. The van der Waals surface area contributed by atoms with Crippen LogP contribution in [0.25, 0.3) is 0 Å². The third-order valence-electron chi connectivity index (χ3n) is 2.51. The standard InChI is InChI=1S/C13H10F2N2O2/c1-7-4-10(15)11(6-9(7)14)17-8-2-3-16-12(5-8)13(18)19/h2-6H,1H3,(H,16,17)(H,18,19). The molecule has 4 nitrogen and oxygen atoms in total. The summed E-state index contributed by atoms with van der Waals surface area (Å²) in [6.07, 6.45) is 1.27. The number of hydrogen-bond donors (Lipinski definition) is 2. The summed E-state index contributed by atoms with van der Waals surface area (Å²) < 4.78 is 27.0. The third kappa shape index (κ3) is 2.85. The van der Waals surface area contributed by atoms with Gasteiger partial charge in [-0.1, -0.05) is 0 Å². The highest BCUT2D eigenvalue weighted by Gasteiger charge is 2.09. The first kappa shape index (κ1) is 12.9. The molecule has 0 unspecified atom stereocenters. The molecule has 0 fully saturated rings. The Hall–Kier alpha value is -2.50. The highest BCUT2D eigenvalue weighted by Crippen LogP contribution is 2.23. The highest BCUT2D eigenvalue weighted by molar-refractivity contribution is 5.86. The van der Waals surface area contributed by atoms with E-state index in [-0.39, 0.29) is 16.9 Å². The maximum atomic E-state index is 13.6. The molecule has 0 aliphatic heterocycles. The van der Waals surface area contributed by atoms with E-state index in [1.54, 1.807) is 0 Å². The molecule has 0 radical (unpaired) electrons. The Bertz CT molecular complexity index is 645. The first-order valence-electron chi connectivity index (χ1n) is 5.39. The maximum Gasteiger partial charge on any atom is 0.354 e. The molecule has 2 aromatic rings. The minimum absolute atomic E-state index is 0.0642. The van der Waals surface area contributed by atoms with Gasteiger partial charge < -0.3 is 10.4 Å². The Morgan fingerprint density at radius 3 is 2.68 bits per heavy atom. The van der Waals surface area contributed by atoms with Crippen molar-refractivity contribution in [3.8, 4) is 0 Å². The van der Waals surface area contributed by atoms with Gasteiger partial charge >= 0.3 is 5.97 Å². The molecular weight excluding hydrogens is 254 g/mol. The van der Waals surface area contributed by atoms with Gasteiger partial charge in [-0.2, -0.15) is 0 Å². The number of carboxylic acids is 1. The minimum atomic E-state index is -1.20. The molecule has 1 aromatic heterocycles. The average molecular weight is 264 g/mol. The molecule has 1 aromatic carbocycles. The third-order valence-corrected chi connectivity index (χ3v) is 2.51. The van der Waals surface area contributed by atoms with Crippen LogP contribution >= 0.6 is 0 Å². The summed E-state index contributed by atoms with van der Waals surface area (Å²) in [6.45, 7) is 1.46. The van der Waals surface area contributed by atoms with Gasteiger partial charge in [0.2, 0.25) is 0 Å². The summed E-state index contributed by atoms with van der Waals surface area (Å²) in [5.74, 6) is -2.36. The van der Waals surface area contributed by atoms with Crippen molar-refractivity contribution in [2.45, 2.75) is 6.92 Å². The zero-order valence-electron chi connectivity index (χ0n) is 9.95. The second-order valence-corrected chi connectivity index (χ2v) is 3.94. The Morgan fingerprint density at radius 1 is 1.26 bits per heavy atom. The van der Waals surface area contributed by atoms with E-state index in [1.165, 1.54) is 25.3 Å². The second kappa shape index (κ2) is 5.01. The molecule has 98 valence electrons. The van der Waals surface area contributed by atoms with Gasteiger partial charge in [0.15, 0.2) is 0 Å². The number of nitrogens with zero attached hydrogens (tertiary/aromatic N) is 1. The lowest BCUT2D eigenvalue weighted by Gasteiger charge is -2.09. The van der Waals surface area contributed by atoms with E-state index in [4.69, 9.17) is 5.11 Å². The van der Waals surface area contributed by atoms with E-state index in [0.717, 1.165) is 12.1 Å². The van der Waals surface area contributed by atoms with Gasteiger partial charge in [-0.15, -0.1) is 0 Å². The molecule has 6 heteroatoms. The lowest BCUT2D eigenvalue weighted by Crippen LogP contribution is -2.02. The largest absolute Gasteiger partial charge is 0.477 e. The first-order chi connectivity index (χ1) is 8.97. The fraction of sp³-hybridized carbons (Fsp3) is 0.0769. The number of pyridine rings is 1. The number of carboxylic acid groups (broad SMARTS) is 1. The average Bonchev–Trinajstić information content (AvgIpc) is 2.36. The monoisotopic (exact) mass is 264 g/mol. The number of hydrogen-bond acceptors (Lipinski definition) is 3. The normalized spacial score (nSPS) is 10.3. The van der Waals surface area contributed by atoms with Crippen LogP contribution in [0.3, 0.4) is 0 Å². The summed E-state index contributed by atoms with van der Waals surface area (Å²) in [5, 5.41) is 11.4. The van der Waals surface area contributed by atoms with E-state index in [1.807, 2.05) is 0 Å². The molecule has 0 atom stereocenters. The fourth-order valence-electron chi connectivity index (χ4n) is 1.52. The topological polar surface area (TPSA) is 62.2 Å². The number of rotatable bonds is 3. The number of anilines is 2. The van der Waals surface area contributed by atoms with Crippen LogP contribution < -0.4 is 5.32 Å². The van der Waals surface area contributed by atoms with Crippen molar-refractivity contribution >= 4 is 17.3 Å². The Labute approximate surface area is 107 Å². The molecule has 0 bridgehead atoms. The summed E-state index contributed by atoms with van der Waals surface area (Å²) in [6, 6.07) is 4.78. The maximum absolute atomic E-state index is 13.6. The van der Waals surface area contributed by atoms with Crippen LogP contribution in [-0.2, 0) is 0 Å². The van der Waals surface area contributed by atoms with Gasteiger partial charge in [-0.25, -0.2) is 18.6 Å². The number of halogens is 2. The summed E-state index contributed by atoms with van der Waals surface area (Å²) in [7, 11) is 0. The zero-order chi connectivity index (χ0) is 14.0. The Balaban J connectivity index is 2.33. The van der Waals surface area contributed by atoms with Gasteiger partial charge in [-0.3, -0.25) is 0 Å². The number of benzene rings is 1. The van der Waals surface area contributed by atoms with Crippen molar-refractivity contribution in [1.29, 1.82) is 0 Å². The predicted octanol–water partition coefficient (Wildman–Crippen LogP) is 3.11. The molecule has 2 N–H and O–H groups in total. The quantitative estimate of drug-likeness (QED) is 0.894. The number of aromatic nitrogens is 1. The van der Waals surface area contributed by atoms with Crippen LogP contribution in [0.15, 0.2) is 30.5 Å². The Morgan fingerprint density at radius 2 is 2.00 bits per heavy atom.